The first-order valence-corrected chi connectivity index (χ1v) is 6.03. The molecule has 1 aromatic heterocycles. The molecule has 2 aromatic rings. The summed E-state index contributed by atoms with van der Waals surface area (Å²) in [6.45, 7) is 0. The van der Waals surface area contributed by atoms with Crippen molar-refractivity contribution in [1.29, 1.82) is 0 Å². The second-order valence-corrected chi connectivity index (χ2v) is 4.36. The SMILES string of the molecule is COC(=O)c1nccc(Oc2cc(N)ccc2Br)n1. The zero-order valence-electron chi connectivity index (χ0n) is 9.96. The highest BCUT2D eigenvalue weighted by Crippen LogP contribution is 2.30. The number of carbonyl (C=O) groups excluding carboxylic acids is 1. The van der Waals surface area contributed by atoms with Crippen molar-refractivity contribution in [3.63, 3.8) is 0 Å². The van der Waals surface area contributed by atoms with Gasteiger partial charge < -0.3 is 15.2 Å². The molecule has 7 heteroatoms. The number of hydrogen-bond donors (Lipinski definition) is 1. The van der Waals surface area contributed by atoms with Crippen LogP contribution in [-0.2, 0) is 4.74 Å². The van der Waals surface area contributed by atoms with E-state index in [-0.39, 0.29) is 11.7 Å². The predicted molar refractivity (Wildman–Crippen MR) is 72.0 cm³/mol. The van der Waals surface area contributed by atoms with Crippen LogP contribution in [0.3, 0.4) is 0 Å². The van der Waals surface area contributed by atoms with Crippen molar-refractivity contribution in [3.05, 3.63) is 40.8 Å². The number of ether oxygens (including phenoxy) is 2. The van der Waals surface area contributed by atoms with Gasteiger partial charge >= 0.3 is 5.97 Å². The zero-order chi connectivity index (χ0) is 13.8. The van der Waals surface area contributed by atoms with E-state index in [1.54, 1.807) is 18.2 Å². The number of halogens is 1. The van der Waals surface area contributed by atoms with E-state index in [9.17, 15) is 4.79 Å². The molecule has 0 aliphatic rings. The largest absolute Gasteiger partial charge is 0.463 e. The lowest BCUT2D eigenvalue weighted by Crippen LogP contribution is -2.07. The molecule has 0 aliphatic carbocycles. The van der Waals surface area contributed by atoms with Crippen molar-refractivity contribution in [2.45, 2.75) is 0 Å². The van der Waals surface area contributed by atoms with Gasteiger partial charge in [-0.1, -0.05) is 0 Å². The number of methoxy groups -OCH3 is 1. The van der Waals surface area contributed by atoms with Gasteiger partial charge in [0.2, 0.25) is 11.7 Å². The summed E-state index contributed by atoms with van der Waals surface area (Å²) in [5.41, 5.74) is 6.23. The van der Waals surface area contributed by atoms with Crippen LogP contribution in [0.1, 0.15) is 10.6 Å². The summed E-state index contributed by atoms with van der Waals surface area (Å²) in [7, 11) is 1.26. The number of benzene rings is 1. The Kier molecular flexibility index (Phi) is 3.96. The van der Waals surface area contributed by atoms with E-state index < -0.39 is 5.97 Å². The van der Waals surface area contributed by atoms with Crippen LogP contribution >= 0.6 is 15.9 Å². The number of aromatic nitrogens is 2. The van der Waals surface area contributed by atoms with Crippen LogP contribution in [0, 0.1) is 0 Å². The molecule has 2 N–H and O–H groups in total. The van der Waals surface area contributed by atoms with Gasteiger partial charge in [0, 0.05) is 24.0 Å². The highest BCUT2D eigenvalue weighted by atomic mass is 79.9. The van der Waals surface area contributed by atoms with E-state index in [2.05, 4.69) is 30.6 Å². The molecule has 19 heavy (non-hydrogen) atoms. The summed E-state index contributed by atoms with van der Waals surface area (Å²) in [6.07, 6.45) is 1.41. The highest BCUT2D eigenvalue weighted by molar-refractivity contribution is 9.10. The quantitative estimate of drug-likeness (QED) is 0.689. The highest BCUT2D eigenvalue weighted by Gasteiger charge is 2.11. The number of anilines is 1. The van der Waals surface area contributed by atoms with Crippen LogP contribution < -0.4 is 10.5 Å². The predicted octanol–water partition coefficient (Wildman–Crippen LogP) is 2.40. The molecule has 0 radical (unpaired) electrons. The molecule has 1 aromatic carbocycles. The fraction of sp³-hybridized carbons (Fsp3) is 0.0833. The molecule has 6 nitrogen and oxygen atoms in total. The minimum Gasteiger partial charge on any atom is -0.463 e. The van der Waals surface area contributed by atoms with Gasteiger partial charge in [0.1, 0.15) is 5.75 Å². The Morgan fingerprint density at radius 2 is 2.16 bits per heavy atom. The third kappa shape index (κ3) is 3.19. The number of esters is 1. The average Bonchev–Trinajstić information content (AvgIpc) is 2.42. The van der Waals surface area contributed by atoms with E-state index in [0.717, 1.165) is 4.47 Å². The van der Waals surface area contributed by atoms with E-state index in [0.29, 0.717) is 11.4 Å². The second-order valence-electron chi connectivity index (χ2n) is 3.50. The average molecular weight is 324 g/mol. The van der Waals surface area contributed by atoms with Gasteiger partial charge in [-0.25, -0.2) is 9.78 Å². The number of nitrogens with two attached hydrogens (primary N) is 1. The van der Waals surface area contributed by atoms with Gasteiger partial charge in [-0.05, 0) is 28.1 Å². The Bertz CT molecular complexity index is 619. The van der Waals surface area contributed by atoms with Crippen LogP contribution in [0.4, 0.5) is 5.69 Å². The lowest BCUT2D eigenvalue weighted by atomic mass is 10.3. The van der Waals surface area contributed by atoms with Crippen molar-refractivity contribution in [2.24, 2.45) is 0 Å². The maximum absolute atomic E-state index is 11.3. The molecule has 98 valence electrons. The maximum atomic E-state index is 11.3. The van der Waals surface area contributed by atoms with E-state index in [1.165, 1.54) is 19.4 Å². The van der Waals surface area contributed by atoms with Crippen molar-refractivity contribution >= 4 is 27.6 Å². The maximum Gasteiger partial charge on any atom is 0.376 e. The van der Waals surface area contributed by atoms with Crippen LogP contribution in [0.15, 0.2) is 34.9 Å². The minimum absolute atomic E-state index is 0.0694. The summed E-state index contributed by atoms with van der Waals surface area (Å²) < 4.78 is 10.8. The van der Waals surface area contributed by atoms with Crippen molar-refractivity contribution in [2.75, 3.05) is 12.8 Å². The van der Waals surface area contributed by atoms with E-state index in [4.69, 9.17) is 10.5 Å². The standard InChI is InChI=1S/C12H10BrN3O3/c1-18-12(17)11-15-5-4-10(16-11)19-9-6-7(14)2-3-8(9)13/h2-6H,14H2,1H3. The van der Waals surface area contributed by atoms with Gasteiger partial charge in [-0.3, -0.25) is 0 Å². The summed E-state index contributed by atoms with van der Waals surface area (Å²) >= 11 is 3.33. The van der Waals surface area contributed by atoms with Gasteiger partial charge in [0.05, 0.1) is 11.6 Å². The topological polar surface area (TPSA) is 87.3 Å². The summed E-state index contributed by atoms with van der Waals surface area (Å²) in [5.74, 6) is 0.0216. The lowest BCUT2D eigenvalue weighted by Gasteiger charge is -2.08. The summed E-state index contributed by atoms with van der Waals surface area (Å²) in [6, 6.07) is 6.66. The third-order valence-electron chi connectivity index (χ3n) is 2.17. The fourth-order valence-corrected chi connectivity index (χ4v) is 1.63. The first-order chi connectivity index (χ1) is 9.10. The molecule has 0 amide bonds. The Hall–Kier alpha value is -2.15. The van der Waals surface area contributed by atoms with E-state index in [1.807, 2.05) is 0 Å². The first-order valence-electron chi connectivity index (χ1n) is 5.24. The Balaban J connectivity index is 2.28. The van der Waals surface area contributed by atoms with Gasteiger partial charge in [-0.15, -0.1) is 0 Å². The summed E-state index contributed by atoms with van der Waals surface area (Å²) in [4.78, 5) is 19.0. The molecule has 2 rings (SSSR count). The van der Waals surface area contributed by atoms with Crippen LogP contribution in [0.2, 0.25) is 0 Å². The smallest absolute Gasteiger partial charge is 0.376 e. The normalized spacial score (nSPS) is 10.0. The minimum atomic E-state index is -0.628. The van der Waals surface area contributed by atoms with Crippen LogP contribution in [-0.4, -0.2) is 23.0 Å². The monoisotopic (exact) mass is 323 g/mol. The Morgan fingerprint density at radius 3 is 2.89 bits per heavy atom. The molecular weight excluding hydrogens is 314 g/mol. The van der Waals surface area contributed by atoms with Crippen molar-refractivity contribution < 1.29 is 14.3 Å². The van der Waals surface area contributed by atoms with Gasteiger partial charge in [-0.2, -0.15) is 4.98 Å². The first kappa shape index (κ1) is 13.3. The summed E-state index contributed by atoms with van der Waals surface area (Å²) in [5, 5.41) is 0. The van der Waals surface area contributed by atoms with E-state index >= 15 is 0 Å². The fourth-order valence-electron chi connectivity index (χ4n) is 1.30. The van der Waals surface area contributed by atoms with Crippen LogP contribution in [0.25, 0.3) is 0 Å². The molecule has 0 unspecified atom stereocenters. The third-order valence-corrected chi connectivity index (χ3v) is 2.82. The zero-order valence-corrected chi connectivity index (χ0v) is 11.5. The molecule has 0 saturated carbocycles. The van der Waals surface area contributed by atoms with Gasteiger partial charge in [0.15, 0.2) is 0 Å². The molecular formula is C12H10BrN3O3. The number of carbonyl (C=O) groups is 1. The molecule has 0 atom stereocenters. The van der Waals surface area contributed by atoms with Crippen LogP contribution in [0.5, 0.6) is 11.6 Å². The molecule has 0 aliphatic heterocycles. The molecule has 0 bridgehead atoms. The molecule has 0 spiro atoms. The molecule has 1 heterocycles. The molecule has 0 fully saturated rings. The Morgan fingerprint density at radius 1 is 1.37 bits per heavy atom. The number of nitrogen functional groups attached to an aromatic ring is 1. The number of nitrogens with zero attached hydrogens (tertiary/aromatic N) is 2. The molecule has 0 saturated heterocycles. The van der Waals surface area contributed by atoms with Crippen molar-refractivity contribution in [1.82, 2.24) is 9.97 Å². The number of hydrogen-bond acceptors (Lipinski definition) is 6. The Labute approximate surface area is 117 Å². The van der Waals surface area contributed by atoms with Crippen molar-refractivity contribution in [3.8, 4) is 11.6 Å². The lowest BCUT2D eigenvalue weighted by molar-refractivity contribution is 0.0585. The second kappa shape index (κ2) is 5.66. The number of rotatable bonds is 3. The van der Waals surface area contributed by atoms with Gasteiger partial charge in [0.25, 0.3) is 0 Å².